The van der Waals surface area contributed by atoms with E-state index in [1.807, 2.05) is 6.08 Å². The van der Waals surface area contributed by atoms with E-state index in [0.717, 1.165) is 64.2 Å². The molecular weight excluding hydrogens is 494 g/mol. The van der Waals surface area contributed by atoms with E-state index >= 15 is 0 Å². The minimum absolute atomic E-state index is 0.138. The van der Waals surface area contributed by atoms with E-state index in [4.69, 9.17) is 0 Å². The zero-order valence-electron chi connectivity index (χ0n) is 25.6. The van der Waals surface area contributed by atoms with Crippen molar-refractivity contribution >= 4 is 5.91 Å². The molecule has 40 heavy (non-hydrogen) atoms. The fourth-order valence-electron chi connectivity index (χ4n) is 3.93. The van der Waals surface area contributed by atoms with Gasteiger partial charge in [-0.3, -0.25) is 4.79 Å². The Morgan fingerprint density at radius 2 is 1.12 bits per heavy atom. The van der Waals surface area contributed by atoms with Crippen molar-refractivity contribution in [2.24, 2.45) is 0 Å². The predicted molar refractivity (Wildman–Crippen MR) is 174 cm³/mol. The van der Waals surface area contributed by atoms with Crippen molar-refractivity contribution < 1.29 is 15.0 Å². The van der Waals surface area contributed by atoms with Crippen molar-refractivity contribution in [1.82, 2.24) is 5.32 Å². The van der Waals surface area contributed by atoms with Gasteiger partial charge in [0.1, 0.15) is 0 Å². The molecular formula is C36H59NO3. The molecule has 0 fully saturated rings. The molecule has 1 amide bonds. The SMILES string of the molecule is CC/C=C\C/C=C\C/C=C\C/C=C\C/C=C\CCCC(=O)NC(CO)C(O)/C=C/CC/C=C/CCCCCCC. The molecule has 0 aromatic carbocycles. The Labute approximate surface area is 246 Å². The summed E-state index contributed by atoms with van der Waals surface area (Å²) in [6, 6.07) is -0.670. The number of hydrogen-bond acceptors (Lipinski definition) is 3. The van der Waals surface area contributed by atoms with Crippen molar-refractivity contribution in [1.29, 1.82) is 0 Å². The van der Waals surface area contributed by atoms with Gasteiger partial charge in [-0.15, -0.1) is 0 Å². The second-order valence-electron chi connectivity index (χ2n) is 10.1. The monoisotopic (exact) mass is 553 g/mol. The molecule has 2 unspecified atom stereocenters. The van der Waals surface area contributed by atoms with E-state index in [9.17, 15) is 15.0 Å². The Morgan fingerprint density at radius 3 is 1.73 bits per heavy atom. The average Bonchev–Trinajstić information content (AvgIpc) is 2.96. The number of allylic oxidation sites excluding steroid dienone is 13. The minimum Gasteiger partial charge on any atom is -0.394 e. The molecule has 0 bridgehead atoms. The summed E-state index contributed by atoms with van der Waals surface area (Å²) in [5.41, 5.74) is 0. The summed E-state index contributed by atoms with van der Waals surface area (Å²) in [5.74, 6) is -0.138. The second kappa shape index (κ2) is 31.1. The summed E-state index contributed by atoms with van der Waals surface area (Å²) in [6.07, 6.45) is 45.2. The van der Waals surface area contributed by atoms with E-state index in [-0.39, 0.29) is 12.5 Å². The summed E-state index contributed by atoms with van der Waals surface area (Å²) in [7, 11) is 0. The molecule has 0 saturated heterocycles. The first kappa shape index (κ1) is 37.6. The van der Waals surface area contributed by atoms with Crippen molar-refractivity contribution in [3.05, 3.63) is 85.1 Å². The first-order valence-corrected chi connectivity index (χ1v) is 15.8. The Balaban J connectivity index is 3.89. The number of carbonyl (C=O) groups is 1. The summed E-state index contributed by atoms with van der Waals surface area (Å²) >= 11 is 0. The molecule has 0 aliphatic heterocycles. The van der Waals surface area contributed by atoms with E-state index in [0.29, 0.717) is 6.42 Å². The van der Waals surface area contributed by atoms with Gasteiger partial charge in [0.15, 0.2) is 0 Å². The molecule has 0 heterocycles. The van der Waals surface area contributed by atoms with Crippen LogP contribution in [0.5, 0.6) is 0 Å². The maximum atomic E-state index is 12.2. The number of aliphatic hydroxyl groups excluding tert-OH is 2. The Kier molecular flexibility index (Phi) is 29.2. The summed E-state index contributed by atoms with van der Waals surface area (Å²) in [4.78, 5) is 12.2. The third-order valence-electron chi connectivity index (χ3n) is 6.36. The second-order valence-corrected chi connectivity index (χ2v) is 10.1. The summed E-state index contributed by atoms with van der Waals surface area (Å²) in [6.45, 7) is 4.09. The molecule has 2 atom stereocenters. The molecule has 3 N–H and O–H groups in total. The van der Waals surface area contributed by atoms with Crippen LogP contribution in [0.1, 0.15) is 117 Å². The quantitative estimate of drug-likeness (QED) is 0.0739. The highest BCUT2D eigenvalue weighted by Gasteiger charge is 2.17. The smallest absolute Gasteiger partial charge is 0.220 e. The van der Waals surface area contributed by atoms with E-state index < -0.39 is 12.1 Å². The first-order chi connectivity index (χ1) is 19.7. The van der Waals surface area contributed by atoms with Crippen LogP contribution in [-0.4, -0.2) is 34.9 Å². The normalized spacial score (nSPS) is 14.4. The predicted octanol–water partition coefficient (Wildman–Crippen LogP) is 9.00. The van der Waals surface area contributed by atoms with Crippen molar-refractivity contribution in [3.63, 3.8) is 0 Å². The van der Waals surface area contributed by atoms with Gasteiger partial charge in [-0.2, -0.15) is 0 Å². The van der Waals surface area contributed by atoms with Crippen LogP contribution in [-0.2, 0) is 4.79 Å². The highest BCUT2D eigenvalue weighted by molar-refractivity contribution is 5.76. The third-order valence-corrected chi connectivity index (χ3v) is 6.36. The lowest BCUT2D eigenvalue weighted by Gasteiger charge is -2.19. The molecule has 0 aromatic heterocycles. The standard InChI is InChI=1S/C36H59NO3/c1-3-5-7-9-11-13-15-16-17-18-19-20-22-24-26-28-30-32-36(40)37-34(33-38)35(39)31-29-27-25-23-21-14-12-10-8-6-4-2/h5,7,11,13,16-17,19-21,23-24,26,29,31,34-35,38-39H,3-4,6,8-10,12,14-15,18,22,25,27-28,30,32-33H2,1-2H3,(H,37,40)/b7-5-,13-11-,17-16-,20-19-,23-21+,26-24-,31-29+. The lowest BCUT2D eigenvalue weighted by molar-refractivity contribution is -0.122. The van der Waals surface area contributed by atoms with Crippen LogP contribution < -0.4 is 5.32 Å². The van der Waals surface area contributed by atoms with Gasteiger partial charge in [-0.25, -0.2) is 0 Å². The van der Waals surface area contributed by atoms with E-state index in [1.54, 1.807) is 6.08 Å². The Bertz CT molecular complexity index is 773. The largest absolute Gasteiger partial charge is 0.394 e. The molecule has 0 rings (SSSR count). The number of nitrogens with one attached hydrogen (secondary N) is 1. The van der Waals surface area contributed by atoms with Gasteiger partial charge in [0.2, 0.25) is 5.91 Å². The molecule has 226 valence electrons. The number of amides is 1. The number of hydrogen-bond donors (Lipinski definition) is 3. The zero-order valence-corrected chi connectivity index (χ0v) is 25.6. The molecule has 0 aliphatic carbocycles. The minimum atomic E-state index is -0.887. The molecule has 0 aromatic rings. The highest BCUT2D eigenvalue weighted by atomic mass is 16.3. The van der Waals surface area contributed by atoms with Gasteiger partial charge in [0.05, 0.1) is 18.8 Å². The molecule has 4 nitrogen and oxygen atoms in total. The van der Waals surface area contributed by atoms with Crippen LogP contribution >= 0.6 is 0 Å². The first-order valence-electron chi connectivity index (χ1n) is 15.8. The molecule has 0 aliphatic rings. The van der Waals surface area contributed by atoms with Gasteiger partial charge in [0, 0.05) is 6.42 Å². The zero-order chi connectivity index (χ0) is 29.4. The van der Waals surface area contributed by atoms with Crippen LogP contribution in [0.4, 0.5) is 0 Å². The van der Waals surface area contributed by atoms with E-state index in [1.165, 1.54) is 32.1 Å². The highest BCUT2D eigenvalue weighted by Crippen LogP contribution is 2.07. The molecule has 0 spiro atoms. The Morgan fingerprint density at radius 1 is 0.625 bits per heavy atom. The van der Waals surface area contributed by atoms with Crippen LogP contribution in [0.3, 0.4) is 0 Å². The Hall–Kier alpha value is -2.43. The number of carbonyl (C=O) groups excluding carboxylic acids is 1. The van der Waals surface area contributed by atoms with Crippen LogP contribution in [0.15, 0.2) is 85.1 Å². The summed E-state index contributed by atoms with van der Waals surface area (Å²) < 4.78 is 0. The fraction of sp³-hybridized carbons (Fsp3) is 0.583. The van der Waals surface area contributed by atoms with Crippen LogP contribution in [0.2, 0.25) is 0 Å². The summed E-state index contributed by atoms with van der Waals surface area (Å²) in [5, 5.41) is 22.7. The van der Waals surface area contributed by atoms with Crippen molar-refractivity contribution in [2.75, 3.05) is 6.61 Å². The molecule has 0 saturated carbocycles. The van der Waals surface area contributed by atoms with Gasteiger partial charge < -0.3 is 15.5 Å². The van der Waals surface area contributed by atoms with Crippen molar-refractivity contribution in [2.45, 2.75) is 129 Å². The molecule has 4 heteroatoms. The lowest BCUT2D eigenvalue weighted by atomic mass is 10.1. The van der Waals surface area contributed by atoms with Crippen LogP contribution in [0.25, 0.3) is 0 Å². The van der Waals surface area contributed by atoms with Crippen molar-refractivity contribution in [3.8, 4) is 0 Å². The van der Waals surface area contributed by atoms with E-state index in [2.05, 4.69) is 92.1 Å². The maximum absolute atomic E-state index is 12.2. The number of aliphatic hydroxyl groups is 2. The lowest BCUT2D eigenvalue weighted by Crippen LogP contribution is -2.45. The maximum Gasteiger partial charge on any atom is 0.220 e. The third kappa shape index (κ3) is 27.1. The number of rotatable bonds is 26. The number of unbranched alkanes of at least 4 members (excludes halogenated alkanes) is 7. The van der Waals surface area contributed by atoms with Gasteiger partial charge in [0.25, 0.3) is 0 Å². The average molecular weight is 554 g/mol. The molecule has 0 radical (unpaired) electrons. The van der Waals surface area contributed by atoms with Gasteiger partial charge in [-0.1, -0.05) is 125 Å². The van der Waals surface area contributed by atoms with Gasteiger partial charge in [-0.05, 0) is 70.6 Å². The fourth-order valence-corrected chi connectivity index (χ4v) is 3.93. The topological polar surface area (TPSA) is 69.6 Å². The van der Waals surface area contributed by atoms with Crippen LogP contribution in [0, 0.1) is 0 Å². The van der Waals surface area contributed by atoms with Gasteiger partial charge >= 0.3 is 0 Å².